The van der Waals surface area contributed by atoms with Gasteiger partial charge in [0.15, 0.2) is 6.61 Å². The van der Waals surface area contributed by atoms with E-state index in [4.69, 9.17) is 4.74 Å². The highest BCUT2D eigenvalue weighted by Crippen LogP contribution is 2.30. The summed E-state index contributed by atoms with van der Waals surface area (Å²) in [6.45, 7) is -0.0796. The van der Waals surface area contributed by atoms with Crippen LogP contribution >= 0.6 is 0 Å². The summed E-state index contributed by atoms with van der Waals surface area (Å²) in [5.41, 5.74) is 0.323. The number of nitrogens with one attached hydrogen (secondary N) is 3. The van der Waals surface area contributed by atoms with Crippen molar-refractivity contribution in [3.8, 4) is 5.75 Å². The van der Waals surface area contributed by atoms with Gasteiger partial charge in [0, 0.05) is 12.4 Å². The third-order valence-corrected chi connectivity index (χ3v) is 3.96. The van der Waals surface area contributed by atoms with Gasteiger partial charge in [-0.2, -0.15) is 0 Å². The number of carbonyl (C=O) groups is 1. The fourth-order valence-corrected chi connectivity index (χ4v) is 2.74. The number of hydrogen-bond donors (Lipinski definition) is 3. The molecule has 1 amide bonds. The number of carbonyl (C=O) groups excluding carboxylic acids is 1. The Morgan fingerprint density at radius 2 is 2.20 bits per heavy atom. The predicted molar refractivity (Wildman–Crippen MR) is 70.0 cm³/mol. The summed E-state index contributed by atoms with van der Waals surface area (Å²) in [5, 5.41) is 2.55. The van der Waals surface area contributed by atoms with Gasteiger partial charge in [-0.05, 0) is 18.2 Å². The number of anilines is 2. The zero-order valence-corrected chi connectivity index (χ0v) is 10.9. The van der Waals surface area contributed by atoms with Crippen LogP contribution in [0.1, 0.15) is 0 Å². The van der Waals surface area contributed by atoms with Gasteiger partial charge in [-0.15, -0.1) is 0 Å². The van der Waals surface area contributed by atoms with Crippen LogP contribution in [0.3, 0.4) is 0 Å². The number of benzene rings is 1. The lowest BCUT2D eigenvalue weighted by atomic mass is 10.2. The summed E-state index contributed by atoms with van der Waals surface area (Å²) >= 11 is 0. The second-order valence-electron chi connectivity index (χ2n) is 4.04. The maximum Gasteiger partial charge on any atom is 0.264 e. The fourth-order valence-electron chi connectivity index (χ4n) is 1.74. The van der Waals surface area contributed by atoms with E-state index in [9.17, 15) is 13.2 Å². The normalized spacial score (nSPS) is 14.1. The number of imidazole rings is 1. The Hall–Kier alpha value is -2.55. The molecule has 2 heterocycles. The molecule has 1 aromatic carbocycles. The van der Waals surface area contributed by atoms with Crippen molar-refractivity contribution in [3.63, 3.8) is 0 Å². The number of fused-ring (bicyclic) bond motifs is 1. The third-order valence-electron chi connectivity index (χ3n) is 2.62. The largest absolute Gasteiger partial charge is 0.482 e. The highest BCUT2D eigenvalue weighted by molar-refractivity contribution is 7.92. The van der Waals surface area contributed by atoms with Crippen molar-refractivity contribution in [3.05, 3.63) is 30.6 Å². The lowest BCUT2D eigenvalue weighted by Gasteiger charge is -2.18. The van der Waals surface area contributed by atoms with Crippen LogP contribution < -0.4 is 14.8 Å². The summed E-state index contributed by atoms with van der Waals surface area (Å²) in [6.07, 6.45) is 2.93. The van der Waals surface area contributed by atoms with Crippen LogP contribution in [0.25, 0.3) is 0 Å². The van der Waals surface area contributed by atoms with Crippen LogP contribution in [-0.2, 0) is 14.8 Å². The first-order chi connectivity index (χ1) is 9.54. The molecule has 0 spiro atoms. The molecule has 0 fully saturated rings. The molecule has 0 unspecified atom stereocenters. The molecule has 9 heteroatoms. The van der Waals surface area contributed by atoms with E-state index in [2.05, 4.69) is 20.0 Å². The first kappa shape index (κ1) is 12.5. The van der Waals surface area contributed by atoms with Gasteiger partial charge < -0.3 is 15.0 Å². The highest BCUT2D eigenvalue weighted by atomic mass is 32.2. The summed E-state index contributed by atoms with van der Waals surface area (Å²) in [5.74, 6) is 0.218. The molecule has 0 bridgehead atoms. The zero-order chi connectivity index (χ0) is 14.2. The Morgan fingerprint density at radius 3 is 2.95 bits per heavy atom. The monoisotopic (exact) mass is 294 g/mol. The van der Waals surface area contributed by atoms with Crippen LogP contribution in [0.15, 0.2) is 35.5 Å². The molecule has 0 aliphatic carbocycles. The summed E-state index contributed by atoms with van der Waals surface area (Å²) < 4.78 is 31.7. The van der Waals surface area contributed by atoms with Crippen molar-refractivity contribution in [1.82, 2.24) is 9.97 Å². The van der Waals surface area contributed by atoms with Crippen molar-refractivity contribution in [2.24, 2.45) is 0 Å². The molecule has 1 aliphatic heterocycles. The maximum atomic E-state index is 12.1. The van der Waals surface area contributed by atoms with Crippen molar-refractivity contribution >= 4 is 27.6 Å². The lowest BCUT2D eigenvalue weighted by Crippen LogP contribution is -2.25. The number of H-pyrrole nitrogens is 1. The van der Waals surface area contributed by atoms with Gasteiger partial charge in [0.2, 0.25) is 5.95 Å². The molecular weight excluding hydrogens is 284 g/mol. The average molecular weight is 294 g/mol. The van der Waals surface area contributed by atoms with Gasteiger partial charge >= 0.3 is 0 Å². The van der Waals surface area contributed by atoms with Crippen LogP contribution in [0.5, 0.6) is 5.75 Å². The van der Waals surface area contributed by atoms with E-state index in [1.165, 1.54) is 30.6 Å². The Balaban J connectivity index is 1.94. The smallest absolute Gasteiger partial charge is 0.264 e. The number of aromatic amines is 1. The van der Waals surface area contributed by atoms with E-state index < -0.39 is 10.0 Å². The Bertz CT molecular complexity index is 755. The maximum absolute atomic E-state index is 12.1. The van der Waals surface area contributed by atoms with Gasteiger partial charge in [0.1, 0.15) is 5.75 Å². The van der Waals surface area contributed by atoms with Gasteiger partial charge in [-0.3, -0.25) is 4.79 Å². The molecule has 0 saturated carbocycles. The van der Waals surface area contributed by atoms with E-state index in [0.29, 0.717) is 11.4 Å². The van der Waals surface area contributed by atoms with Crippen molar-refractivity contribution in [1.29, 1.82) is 0 Å². The van der Waals surface area contributed by atoms with Crippen molar-refractivity contribution < 1.29 is 17.9 Å². The van der Waals surface area contributed by atoms with E-state index in [0.717, 1.165) is 0 Å². The third kappa shape index (κ3) is 2.30. The summed E-state index contributed by atoms with van der Waals surface area (Å²) in [7, 11) is -3.78. The molecule has 3 rings (SSSR count). The van der Waals surface area contributed by atoms with Crippen LogP contribution in [0.2, 0.25) is 0 Å². The van der Waals surface area contributed by atoms with E-state index in [1.807, 2.05) is 0 Å². The molecule has 104 valence electrons. The van der Waals surface area contributed by atoms with Gasteiger partial charge in [-0.25, -0.2) is 18.1 Å². The van der Waals surface area contributed by atoms with Crippen LogP contribution in [0.4, 0.5) is 11.6 Å². The van der Waals surface area contributed by atoms with Gasteiger partial charge in [0.05, 0.1) is 10.6 Å². The molecule has 0 saturated heterocycles. The van der Waals surface area contributed by atoms with E-state index in [-0.39, 0.29) is 23.4 Å². The predicted octanol–water partition coefficient (Wildman–Crippen LogP) is 0.541. The molecule has 20 heavy (non-hydrogen) atoms. The van der Waals surface area contributed by atoms with Gasteiger partial charge in [-0.1, -0.05) is 0 Å². The Labute approximate surface area is 114 Å². The van der Waals surface area contributed by atoms with E-state index in [1.54, 1.807) is 0 Å². The molecule has 1 aromatic heterocycles. The second kappa shape index (κ2) is 4.53. The zero-order valence-electron chi connectivity index (χ0n) is 10.1. The number of rotatable bonds is 3. The minimum absolute atomic E-state index is 0.00144. The summed E-state index contributed by atoms with van der Waals surface area (Å²) in [4.78, 5) is 17.6. The molecular formula is C11H10N4O4S. The first-order valence-corrected chi connectivity index (χ1v) is 7.12. The number of nitrogens with zero attached hydrogens (tertiary/aromatic N) is 1. The molecule has 2 aromatic rings. The molecule has 3 N–H and O–H groups in total. The topological polar surface area (TPSA) is 113 Å². The summed E-state index contributed by atoms with van der Waals surface area (Å²) in [6, 6.07) is 4.21. The minimum Gasteiger partial charge on any atom is -0.482 e. The lowest BCUT2D eigenvalue weighted by molar-refractivity contribution is -0.118. The second-order valence-corrected chi connectivity index (χ2v) is 5.72. The van der Waals surface area contributed by atoms with Gasteiger partial charge in [0.25, 0.3) is 15.9 Å². The van der Waals surface area contributed by atoms with Crippen LogP contribution in [-0.4, -0.2) is 30.9 Å². The Morgan fingerprint density at radius 1 is 1.35 bits per heavy atom. The van der Waals surface area contributed by atoms with Crippen molar-refractivity contribution in [2.45, 2.75) is 4.90 Å². The first-order valence-electron chi connectivity index (χ1n) is 5.63. The Kier molecular flexibility index (Phi) is 2.83. The van der Waals surface area contributed by atoms with Crippen molar-refractivity contribution in [2.75, 3.05) is 16.6 Å². The quantitative estimate of drug-likeness (QED) is 0.764. The molecule has 0 atom stereocenters. The number of amides is 1. The number of sulfonamides is 1. The minimum atomic E-state index is -3.78. The number of aromatic nitrogens is 2. The van der Waals surface area contributed by atoms with E-state index >= 15 is 0 Å². The molecule has 0 radical (unpaired) electrons. The standard InChI is InChI=1S/C11H10N4O4S/c16-10-6-19-9-2-1-7(5-8(9)14-10)20(17,18)15-11-12-3-4-13-11/h1-5H,6H2,(H,14,16)(H2,12,13,15). The fraction of sp³-hybridized carbons (Fsp3) is 0.0909. The highest BCUT2D eigenvalue weighted by Gasteiger charge is 2.21. The van der Waals surface area contributed by atoms with Crippen LogP contribution in [0, 0.1) is 0 Å². The SMILES string of the molecule is O=C1COc2ccc(S(=O)(=O)Nc3ncc[nH]3)cc2N1. The number of ether oxygens (including phenoxy) is 1. The molecule has 1 aliphatic rings. The molecule has 8 nitrogen and oxygen atoms in total. The average Bonchev–Trinajstić information content (AvgIpc) is 2.90. The number of hydrogen-bond acceptors (Lipinski definition) is 5.